The van der Waals surface area contributed by atoms with Gasteiger partial charge >= 0.3 is 0 Å². The van der Waals surface area contributed by atoms with Crippen molar-refractivity contribution in [2.45, 2.75) is 38.8 Å². The highest BCUT2D eigenvalue weighted by molar-refractivity contribution is 7.16. The van der Waals surface area contributed by atoms with Crippen LogP contribution < -0.4 is 10.6 Å². The molecule has 2 heterocycles. The zero-order valence-electron chi connectivity index (χ0n) is 13.1. The van der Waals surface area contributed by atoms with Crippen molar-refractivity contribution in [3.63, 3.8) is 0 Å². The lowest BCUT2D eigenvalue weighted by Gasteiger charge is -2.27. The zero-order chi connectivity index (χ0) is 16.0. The van der Waals surface area contributed by atoms with E-state index in [2.05, 4.69) is 17.6 Å². The molecule has 2 aliphatic rings. The topological polar surface area (TPSA) is 61.4 Å². The number of phenolic OH excluding ortho intramolecular Hbond substituents is 1. The van der Waals surface area contributed by atoms with E-state index in [4.69, 9.17) is 0 Å². The number of phenols is 1. The first kappa shape index (κ1) is 14.6. The van der Waals surface area contributed by atoms with Crippen LogP contribution in [0.4, 0.5) is 5.00 Å². The maximum absolute atomic E-state index is 12.6. The number of hydrogen-bond donors (Lipinski definition) is 3. The van der Waals surface area contributed by atoms with Gasteiger partial charge in [-0.05, 0) is 48.4 Å². The number of carbonyl (C=O) groups excluding carboxylic acids is 1. The summed E-state index contributed by atoms with van der Waals surface area (Å²) in [5.74, 6) is 0.997. The Hall–Kier alpha value is -2.01. The minimum Gasteiger partial charge on any atom is -0.508 e. The van der Waals surface area contributed by atoms with Gasteiger partial charge < -0.3 is 15.7 Å². The highest BCUT2D eigenvalue weighted by Crippen LogP contribution is 2.43. The highest BCUT2D eigenvalue weighted by atomic mass is 32.1. The normalized spacial score (nSPS) is 22.7. The van der Waals surface area contributed by atoms with Crippen LogP contribution in [-0.2, 0) is 12.8 Å². The largest absolute Gasteiger partial charge is 0.508 e. The molecule has 23 heavy (non-hydrogen) atoms. The van der Waals surface area contributed by atoms with Crippen LogP contribution in [0, 0.1) is 5.92 Å². The van der Waals surface area contributed by atoms with Gasteiger partial charge in [0.15, 0.2) is 0 Å². The number of carbonyl (C=O) groups is 1. The summed E-state index contributed by atoms with van der Waals surface area (Å²) < 4.78 is 0. The van der Waals surface area contributed by atoms with E-state index in [9.17, 15) is 9.90 Å². The second kappa shape index (κ2) is 5.57. The Balaban J connectivity index is 1.66. The third-order valence-corrected chi connectivity index (χ3v) is 6.13. The van der Waals surface area contributed by atoms with E-state index in [-0.39, 0.29) is 17.8 Å². The molecule has 1 aromatic carbocycles. The second-order valence-corrected chi connectivity index (χ2v) is 7.47. The summed E-state index contributed by atoms with van der Waals surface area (Å²) in [5.41, 5.74) is 3.05. The molecule has 120 valence electrons. The zero-order valence-corrected chi connectivity index (χ0v) is 13.9. The van der Waals surface area contributed by atoms with Crippen LogP contribution in [0.3, 0.4) is 0 Å². The van der Waals surface area contributed by atoms with E-state index in [1.165, 1.54) is 23.3 Å². The van der Waals surface area contributed by atoms with Gasteiger partial charge in [0.1, 0.15) is 16.9 Å². The fraction of sp³-hybridized carbons (Fsp3) is 0.389. The summed E-state index contributed by atoms with van der Waals surface area (Å²) in [4.78, 5) is 14.0. The van der Waals surface area contributed by atoms with Gasteiger partial charge in [0.25, 0.3) is 5.91 Å². The van der Waals surface area contributed by atoms with Crippen LogP contribution in [0.1, 0.15) is 52.3 Å². The summed E-state index contributed by atoms with van der Waals surface area (Å²) >= 11 is 1.74. The summed E-state index contributed by atoms with van der Waals surface area (Å²) in [7, 11) is 0. The smallest absolute Gasteiger partial charge is 0.256 e. The lowest BCUT2D eigenvalue weighted by atomic mass is 9.85. The lowest BCUT2D eigenvalue weighted by molar-refractivity contribution is 0.0935. The van der Waals surface area contributed by atoms with Crippen molar-refractivity contribution in [2.24, 2.45) is 5.92 Å². The molecule has 0 bridgehead atoms. The second-order valence-electron chi connectivity index (χ2n) is 6.37. The van der Waals surface area contributed by atoms with Crippen molar-refractivity contribution in [3.05, 3.63) is 45.8 Å². The Morgan fingerprint density at radius 3 is 2.78 bits per heavy atom. The third kappa shape index (κ3) is 2.49. The fourth-order valence-electron chi connectivity index (χ4n) is 3.55. The molecule has 0 radical (unpaired) electrons. The Morgan fingerprint density at radius 2 is 2.04 bits per heavy atom. The molecule has 0 fully saturated rings. The minimum absolute atomic E-state index is 0.0178. The molecule has 0 saturated carbocycles. The summed E-state index contributed by atoms with van der Waals surface area (Å²) in [6.45, 7) is 2.25. The maximum atomic E-state index is 12.6. The molecular formula is C18H20N2O2S. The van der Waals surface area contributed by atoms with E-state index in [1.807, 2.05) is 12.1 Å². The van der Waals surface area contributed by atoms with Gasteiger partial charge in [0, 0.05) is 4.88 Å². The van der Waals surface area contributed by atoms with Crippen LogP contribution in [0.2, 0.25) is 0 Å². The van der Waals surface area contributed by atoms with Gasteiger partial charge in [-0.1, -0.05) is 25.5 Å². The Morgan fingerprint density at radius 1 is 1.26 bits per heavy atom. The molecule has 5 heteroatoms. The van der Waals surface area contributed by atoms with E-state index >= 15 is 0 Å². The lowest BCUT2D eigenvalue weighted by Crippen LogP contribution is -2.38. The van der Waals surface area contributed by atoms with Gasteiger partial charge in [-0.3, -0.25) is 4.79 Å². The van der Waals surface area contributed by atoms with Crippen LogP contribution in [0.5, 0.6) is 5.75 Å². The quantitative estimate of drug-likeness (QED) is 0.785. The van der Waals surface area contributed by atoms with Crippen LogP contribution in [0.25, 0.3) is 0 Å². The molecule has 2 aromatic rings. The SMILES string of the molecule is CCC1CCc2c(sc3c2C(=O)NC(c2ccc(O)cc2)N3)C1. The Labute approximate surface area is 139 Å². The first-order valence-corrected chi connectivity index (χ1v) is 8.98. The minimum atomic E-state index is -0.238. The first-order valence-electron chi connectivity index (χ1n) is 8.16. The predicted molar refractivity (Wildman–Crippen MR) is 92.1 cm³/mol. The van der Waals surface area contributed by atoms with Gasteiger partial charge in [0.2, 0.25) is 0 Å². The molecule has 2 atom stereocenters. The number of nitrogens with one attached hydrogen (secondary N) is 2. The maximum Gasteiger partial charge on any atom is 0.256 e. The average Bonchev–Trinajstić information content (AvgIpc) is 2.93. The van der Waals surface area contributed by atoms with E-state index < -0.39 is 0 Å². The number of benzene rings is 1. The molecule has 0 spiro atoms. The predicted octanol–water partition coefficient (Wildman–Crippen LogP) is 3.82. The number of aromatic hydroxyl groups is 1. The highest BCUT2D eigenvalue weighted by Gasteiger charge is 2.33. The fourth-order valence-corrected chi connectivity index (χ4v) is 4.94. The third-order valence-electron chi connectivity index (χ3n) is 4.95. The molecular weight excluding hydrogens is 308 g/mol. The Kier molecular flexibility index (Phi) is 3.53. The molecule has 1 aliphatic heterocycles. The van der Waals surface area contributed by atoms with E-state index in [0.29, 0.717) is 0 Å². The van der Waals surface area contributed by atoms with Crippen LogP contribution in [0.15, 0.2) is 24.3 Å². The van der Waals surface area contributed by atoms with Crippen LogP contribution >= 0.6 is 11.3 Å². The monoisotopic (exact) mass is 328 g/mol. The van der Waals surface area contributed by atoms with Crippen molar-refractivity contribution in [1.29, 1.82) is 0 Å². The molecule has 1 amide bonds. The molecule has 2 unspecified atom stereocenters. The van der Waals surface area contributed by atoms with Crippen molar-refractivity contribution in [1.82, 2.24) is 5.32 Å². The number of hydrogen-bond acceptors (Lipinski definition) is 4. The molecule has 1 aromatic heterocycles. The average molecular weight is 328 g/mol. The Bertz CT molecular complexity index is 751. The summed E-state index contributed by atoms with van der Waals surface area (Å²) in [6, 6.07) is 6.95. The number of fused-ring (bicyclic) bond motifs is 3. The van der Waals surface area contributed by atoms with Gasteiger partial charge in [0.05, 0.1) is 5.56 Å². The van der Waals surface area contributed by atoms with Gasteiger partial charge in [-0.25, -0.2) is 0 Å². The molecule has 4 nitrogen and oxygen atoms in total. The van der Waals surface area contributed by atoms with E-state index in [0.717, 1.165) is 34.9 Å². The first-order chi connectivity index (χ1) is 11.2. The molecule has 0 saturated heterocycles. The van der Waals surface area contributed by atoms with Gasteiger partial charge in [-0.2, -0.15) is 0 Å². The van der Waals surface area contributed by atoms with Crippen molar-refractivity contribution in [3.8, 4) is 5.75 Å². The summed E-state index contributed by atoms with van der Waals surface area (Å²) in [5, 5.41) is 16.9. The number of rotatable bonds is 2. The van der Waals surface area contributed by atoms with Gasteiger partial charge in [-0.15, -0.1) is 11.3 Å². The van der Waals surface area contributed by atoms with Crippen molar-refractivity contribution >= 4 is 22.2 Å². The molecule has 1 aliphatic carbocycles. The number of amides is 1. The number of thiophene rings is 1. The molecule has 3 N–H and O–H groups in total. The molecule has 4 rings (SSSR count). The standard InChI is InChI=1S/C18H20N2O2S/c1-2-10-3-8-13-14(9-10)23-18-15(13)17(22)19-16(20-18)11-4-6-12(21)7-5-11/h4-7,10,16,20-21H,2-3,8-9H2,1H3,(H,19,22). The van der Waals surface area contributed by atoms with Crippen molar-refractivity contribution in [2.75, 3.05) is 5.32 Å². The van der Waals surface area contributed by atoms with E-state index in [1.54, 1.807) is 23.5 Å². The van der Waals surface area contributed by atoms with Crippen LogP contribution in [-0.4, -0.2) is 11.0 Å². The van der Waals surface area contributed by atoms with Crippen molar-refractivity contribution < 1.29 is 9.90 Å². The number of anilines is 1. The summed E-state index contributed by atoms with van der Waals surface area (Å²) in [6.07, 6.45) is 4.26.